The van der Waals surface area contributed by atoms with Gasteiger partial charge < -0.3 is 10.1 Å². The zero-order valence-electron chi connectivity index (χ0n) is 13.1. The van der Waals surface area contributed by atoms with Gasteiger partial charge in [0.1, 0.15) is 0 Å². The lowest BCUT2D eigenvalue weighted by atomic mass is 9.75. The summed E-state index contributed by atoms with van der Waals surface area (Å²) in [4.78, 5) is 12.5. The molecule has 1 aliphatic rings. The summed E-state index contributed by atoms with van der Waals surface area (Å²) >= 11 is 0. The van der Waals surface area contributed by atoms with E-state index in [9.17, 15) is 4.79 Å². The lowest BCUT2D eigenvalue weighted by Gasteiger charge is -2.35. The molecule has 1 fully saturated rings. The molecule has 2 rings (SSSR count). The first-order valence-electron chi connectivity index (χ1n) is 8.19. The number of piperidine rings is 1. The zero-order valence-corrected chi connectivity index (χ0v) is 13.1. The minimum absolute atomic E-state index is 0.0268. The quantitative estimate of drug-likeness (QED) is 0.618. The molecule has 0 aliphatic carbocycles. The number of ether oxygens (including phenoxy) is 1. The summed E-state index contributed by atoms with van der Waals surface area (Å²) in [7, 11) is 0. The van der Waals surface area contributed by atoms with Crippen molar-refractivity contribution in [1.29, 1.82) is 0 Å². The summed E-state index contributed by atoms with van der Waals surface area (Å²) in [6.45, 7) is 4.54. The molecule has 116 valence electrons. The van der Waals surface area contributed by atoms with Crippen LogP contribution >= 0.6 is 0 Å². The van der Waals surface area contributed by atoms with Crippen molar-refractivity contribution in [3.8, 4) is 0 Å². The molecule has 0 bridgehead atoms. The molecule has 1 aliphatic heterocycles. The van der Waals surface area contributed by atoms with Gasteiger partial charge in [0.05, 0.1) is 12.0 Å². The summed E-state index contributed by atoms with van der Waals surface area (Å²) in [5.41, 5.74) is 1.07. The largest absolute Gasteiger partial charge is 0.465 e. The second-order valence-corrected chi connectivity index (χ2v) is 6.01. The lowest BCUT2D eigenvalue weighted by molar-refractivity contribution is -0.158. The third-order valence-electron chi connectivity index (χ3n) is 4.41. The normalized spacial score (nSPS) is 17.4. The molecular formula is C18H27NO2. The Labute approximate surface area is 128 Å². The fourth-order valence-electron chi connectivity index (χ4n) is 3.18. The second-order valence-electron chi connectivity index (χ2n) is 6.01. The number of aryl methyl sites for hydroxylation is 1. The molecule has 3 heteroatoms. The van der Waals surface area contributed by atoms with E-state index in [0.717, 1.165) is 51.6 Å². The van der Waals surface area contributed by atoms with Crippen molar-refractivity contribution in [2.45, 2.75) is 45.4 Å². The Morgan fingerprint density at radius 3 is 2.62 bits per heavy atom. The first-order valence-corrected chi connectivity index (χ1v) is 8.19. The summed E-state index contributed by atoms with van der Waals surface area (Å²) in [5.74, 6) is 0.0268. The van der Waals surface area contributed by atoms with Crippen LogP contribution in [0.25, 0.3) is 0 Å². The van der Waals surface area contributed by atoms with Crippen molar-refractivity contribution in [3.63, 3.8) is 0 Å². The smallest absolute Gasteiger partial charge is 0.312 e. The second kappa shape index (κ2) is 8.18. The minimum atomic E-state index is -0.229. The molecule has 0 saturated carbocycles. The van der Waals surface area contributed by atoms with E-state index in [1.807, 2.05) is 18.2 Å². The van der Waals surface area contributed by atoms with E-state index in [2.05, 4.69) is 24.4 Å². The molecule has 0 amide bonds. The van der Waals surface area contributed by atoms with Crippen LogP contribution in [-0.4, -0.2) is 25.7 Å². The molecular weight excluding hydrogens is 262 g/mol. The zero-order chi connectivity index (χ0) is 15.0. The van der Waals surface area contributed by atoms with E-state index in [0.29, 0.717) is 6.61 Å². The number of benzene rings is 1. The van der Waals surface area contributed by atoms with Crippen molar-refractivity contribution in [2.24, 2.45) is 5.41 Å². The summed E-state index contributed by atoms with van der Waals surface area (Å²) in [6, 6.07) is 10.4. The fourth-order valence-corrected chi connectivity index (χ4v) is 3.18. The van der Waals surface area contributed by atoms with Gasteiger partial charge in [-0.2, -0.15) is 0 Å². The maximum Gasteiger partial charge on any atom is 0.312 e. The van der Waals surface area contributed by atoms with Crippen LogP contribution in [0.4, 0.5) is 0 Å². The van der Waals surface area contributed by atoms with Crippen LogP contribution in [0, 0.1) is 5.41 Å². The van der Waals surface area contributed by atoms with Crippen LogP contribution in [0.3, 0.4) is 0 Å². The number of carbonyl (C=O) groups excluding carboxylic acids is 1. The molecule has 0 aromatic heterocycles. The van der Waals surface area contributed by atoms with Crippen molar-refractivity contribution in [2.75, 3.05) is 19.7 Å². The van der Waals surface area contributed by atoms with Crippen molar-refractivity contribution in [1.82, 2.24) is 5.32 Å². The van der Waals surface area contributed by atoms with Gasteiger partial charge >= 0.3 is 5.97 Å². The summed E-state index contributed by atoms with van der Waals surface area (Å²) in [5, 5.41) is 3.33. The Hall–Kier alpha value is -1.35. The highest BCUT2D eigenvalue weighted by Gasteiger charge is 2.39. The van der Waals surface area contributed by atoms with Gasteiger partial charge in [0.2, 0.25) is 0 Å². The highest BCUT2D eigenvalue weighted by molar-refractivity contribution is 5.77. The average Bonchev–Trinajstić information content (AvgIpc) is 2.53. The Balaban J connectivity index is 1.77. The van der Waals surface area contributed by atoms with Gasteiger partial charge in [-0.15, -0.1) is 0 Å². The predicted octanol–water partition coefficient (Wildman–Crippen LogP) is 3.33. The topological polar surface area (TPSA) is 38.3 Å². The molecule has 1 aromatic rings. The van der Waals surface area contributed by atoms with Crippen LogP contribution in [0.15, 0.2) is 30.3 Å². The first-order chi connectivity index (χ1) is 10.3. The van der Waals surface area contributed by atoms with Gasteiger partial charge in [-0.25, -0.2) is 0 Å². The Kier molecular flexibility index (Phi) is 6.24. The van der Waals surface area contributed by atoms with Crippen LogP contribution in [-0.2, 0) is 16.0 Å². The molecule has 0 spiro atoms. The molecule has 0 radical (unpaired) electrons. The van der Waals surface area contributed by atoms with Crippen molar-refractivity contribution >= 4 is 5.97 Å². The van der Waals surface area contributed by atoms with Gasteiger partial charge in [0.25, 0.3) is 0 Å². The molecule has 1 N–H and O–H groups in total. The number of hydrogen-bond donors (Lipinski definition) is 1. The minimum Gasteiger partial charge on any atom is -0.465 e. The van der Waals surface area contributed by atoms with Crippen molar-refractivity contribution in [3.05, 3.63) is 35.9 Å². The standard InChI is InChI=1S/C18H27NO2/c1-2-10-18(11-13-19-14-12-18)17(20)21-15-6-9-16-7-4-3-5-8-16/h3-5,7-8,19H,2,6,9-15H2,1H3. The van der Waals surface area contributed by atoms with Gasteiger partial charge in [-0.05, 0) is 50.8 Å². The number of rotatable bonds is 7. The van der Waals surface area contributed by atoms with Gasteiger partial charge in [-0.1, -0.05) is 43.7 Å². The van der Waals surface area contributed by atoms with Crippen LogP contribution < -0.4 is 5.32 Å². The highest BCUT2D eigenvalue weighted by atomic mass is 16.5. The SMILES string of the molecule is CCCC1(C(=O)OCCCc2ccccc2)CCNCC1. The predicted molar refractivity (Wildman–Crippen MR) is 85.2 cm³/mol. The molecule has 21 heavy (non-hydrogen) atoms. The summed E-state index contributed by atoms with van der Waals surface area (Å²) < 4.78 is 5.59. The van der Waals surface area contributed by atoms with E-state index in [1.54, 1.807) is 0 Å². The lowest BCUT2D eigenvalue weighted by Crippen LogP contribution is -2.43. The number of hydrogen-bond acceptors (Lipinski definition) is 3. The molecule has 0 unspecified atom stereocenters. The summed E-state index contributed by atoms with van der Waals surface area (Å²) in [6.07, 6.45) is 5.69. The van der Waals surface area contributed by atoms with Crippen LogP contribution in [0.1, 0.15) is 44.6 Å². The number of carbonyl (C=O) groups is 1. The van der Waals surface area contributed by atoms with E-state index in [4.69, 9.17) is 4.74 Å². The maximum absolute atomic E-state index is 12.5. The Morgan fingerprint density at radius 2 is 1.95 bits per heavy atom. The third kappa shape index (κ3) is 4.57. The monoisotopic (exact) mass is 289 g/mol. The average molecular weight is 289 g/mol. The number of esters is 1. The van der Waals surface area contributed by atoms with Gasteiger partial charge in [0.15, 0.2) is 0 Å². The molecule has 1 aromatic carbocycles. The van der Waals surface area contributed by atoms with Crippen LogP contribution in [0.5, 0.6) is 0 Å². The fraction of sp³-hybridized carbons (Fsp3) is 0.611. The molecule has 0 atom stereocenters. The van der Waals surface area contributed by atoms with Gasteiger partial charge in [-0.3, -0.25) is 4.79 Å². The van der Waals surface area contributed by atoms with Gasteiger partial charge in [0, 0.05) is 0 Å². The van der Waals surface area contributed by atoms with E-state index < -0.39 is 0 Å². The van der Waals surface area contributed by atoms with Crippen molar-refractivity contribution < 1.29 is 9.53 Å². The van der Waals surface area contributed by atoms with E-state index in [1.165, 1.54) is 5.56 Å². The molecule has 1 saturated heterocycles. The number of nitrogens with one attached hydrogen (secondary N) is 1. The third-order valence-corrected chi connectivity index (χ3v) is 4.41. The van der Waals surface area contributed by atoms with E-state index >= 15 is 0 Å². The maximum atomic E-state index is 12.5. The Bertz CT molecular complexity index is 419. The molecule has 1 heterocycles. The van der Waals surface area contributed by atoms with Crippen LogP contribution in [0.2, 0.25) is 0 Å². The van der Waals surface area contributed by atoms with E-state index in [-0.39, 0.29) is 11.4 Å². The first kappa shape index (κ1) is 16.0. The highest BCUT2D eigenvalue weighted by Crippen LogP contribution is 2.35. The Morgan fingerprint density at radius 1 is 1.24 bits per heavy atom. The molecule has 3 nitrogen and oxygen atoms in total.